The van der Waals surface area contributed by atoms with Gasteiger partial charge in [0, 0.05) is 18.8 Å². The number of rotatable bonds is 1. The molecule has 86 valence electrons. The van der Waals surface area contributed by atoms with Crippen molar-refractivity contribution in [2.45, 2.75) is 32.2 Å². The van der Waals surface area contributed by atoms with Crippen LogP contribution >= 0.6 is 0 Å². The van der Waals surface area contributed by atoms with E-state index >= 15 is 0 Å². The topological polar surface area (TPSA) is 53.2 Å². The lowest BCUT2D eigenvalue weighted by Crippen LogP contribution is -2.43. The number of aromatic amines is 1. The summed E-state index contributed by atoms with van der Waals surface area (Å²) in [7, 11) is 0. The van der Waals surface area contributed by atoms with Crippen LogP contribution in [0.4, 0.5) is 0 Å². The van der Waals surface area contributed by atoms with Gasteiger partial charge in [-0.25, -0.2) is 0 Å². The number of hydrogen-bond acceptors (Lipinski definition) is 2. The number of nitrogens with zero attached hydrogens (tertiary/aromatic N) is 1. The fourth-order valence-corrected chi connectivity index (χ4v) is 2.14. The Labute approximate surface area is 94.3 Å². The molecule has 1 aromatic heterocycles. The van der Waals surface area contributed by atoms with Gasteiger partial charge >= 0.3 is 0 Å². The summed E-state index contributed by atoms with van der Waals surface area (Å²) in [6.07, 6.45) is 4.76. The molecule has 1 aliphatic heterocycles. The van der Waals surface area contributed by atoms with Gasteiger partial charge in [-0.1, -0.05) is 0 Å². The van der Waals surface area contributed by atoms with Crippen molar-refractivity contribution >= 4 is 5.91 Å². The number of H-pyrrole nitrogens is 1. The Bertz CT molecular complexity index is 439. The van der Waals surface area contributed by atoms with Gasteiger partial charge in [0.15, 0.2) is 0 Å². The predicted octanol–water partition coefficient (Wildman–Crippen LogP) is 1.39. The van der Waals surface area contributed by atoms with Gasteiger partial charge in [0.25, 0.3) is 11.5 Å². The van der Waals surface area contributed by atoms with Crippen LogP contribution in [0.3, 0.4) is 0 Å². The number of nitrogens with one attached hydrogen (secondary N) is 1. The highest BCUT2D eigenvalue weighted by atomic mass is 16.2. The van der Waals surface area contributed by atoms with Crippen LogP contribution < -0.4 is 5.56 Å². The van der Waals surface area contributed by atoms with Gasteiger partial charge in [0.1, 0.15) is 5.56 Å². The molecule has 1 unspecified atom stereocenters. The molecule has 0 radical (unpaired) electrons. The van der Waals surface area contributed by atoms with Crippen LogP contribution in [0, 0.1) is 0 Å². The first-order chi connectivity index (χ1) is 7.70. The Hall–Kier alpha value is -1.58. The normalized spacial score (nSPS) is 20.8. The van der Waals surface area contributed by atoms with Crippen LogP contribution in [0.2, 0.25) is 0 Å². The molecule has 0 aromatic carbocycles. The summed E-state index contributed by atoms with van der Waals surface area (Å²) in [5.41, 5.74) is -0.0541. The van der Waals surface area contributed by atoms with Crippen molar-refractivity contribution in [3.63, 3.8) is 0 Å². The molecule has 1 aromatic rings. The Kier molecular flexibility index (Phi) is 3.08. The van der Waals surface area contributed by atoms with E-state index in [-0.39, 0.29) is 23.1 Å². The lowest BCUT2D eigenvalue weighted by Gasteiger charge is -2.33. The van der Waals surface area contributed by atoms with Crippen molar-refractivity contribution in [1.82, 2.24) is 9.88 Å². The van der Waals surface area contributed by atoms with Gasteiger partial charge in [0.2, 0.25) is 0 Å². The largest absolute Gasteiger partial charge is 0.336 e. The Morgan fingerprint density at radius 1 is 1.50 bits per heavy atom. The molecule has 0 aliphatic carbocycles. The number of hydrogen-bond donors (Lipinski definition) is 1. The molecule has 1 fully saturated rings. The smallest absolute Gasteiger partial charge is 0.260 e. The number of piperidine rings is 1. The van der Waals surface area contributed by atoms with Crippen molar-refractivity contribution in [1.29, 1.82) is 0 Å². The van der Waals surface area contributed by atoms with Crippen molar-refractivity contribution in [2.75, 3.05) is 6.54 Å². The van der Waals surface area contributed by atoms with Crippen molar-refractivity contribution < 1.29 is 4.79 Å². The zero-order valence-electron chi connectivity index (χ0n) is 9.40. The summed E-state index contributed by atoms with van der Waals surface area (Å²) in [6, 6.07) is 3.51. The van der Waals surface area contributed by atoms with Crippen molar-refractivity contribution in [3.8, 4) is 0 Å². The summed E-state index contributed by atoms with van der Waals surface area (Å²) in [5, 5.41) is 0. The third kappa shape index (κ3) is 2.01. The molecule has 4 nitrogen and oxygen atoms in total. The number of amides is 1. The molecule has 1 N–H and O–H groups in total. The Morgan fingerprint density at radius 3 is 3.00 bits per heavy atom. The first-order valence-electron chi connectivity index (χ1n) is 5.69. The SMILES string of the molecule is CC1CCCCN1C(=O)c1ccc[nH]c1=O. The van der Waals surface area contributed by atoms with Crippen LogP contribution in [0.1, 0.15) is 36.5 Å². The van der Waals surface area contributed by atoms with E-state index in [0.29, 0.717) is 0 Å². The number of carbonyl (C=O) groups excluding carboxylic acids is 1. The second-order valence-corrected chi connectivity index (χ2v) is 4.26. The quantitative estimate of drug-likeness (QED) is 0.777. The van der Waals surface area contributed by atoms with Gasteiger partial charge in [-0.3, -0.25) is 9.59 Å². The lowest BCUT2D eigenvalue weighted by atomic mass is 10.0. The van der Waals surface area contributed by atoms with Crippen LogP contribution in [0.5, 0.6) is 0 Å². The molecule has 1 saturated heterocycles. The summed E-state index contributed by atoms with van der Waals surface area (Å²) in [6.45, 7) is 2.79. The molecule has 1 amide bonds. The average Bonchev–Trinajstić information content (AvgIpc) is 2.29. The third-order valence-corrected chi connectivity index (χ3v) is 3.11. The predicted molar refractivity (Wildman–Crippen MR) is 61.4 cm³/mol. The van der Waals surface area contributed by atoms with E-state index in [1.165, 1.54) is 0 Å². The maximum atomic E-state index is 12.1. The van der Waals surface area contributed by atoms with E-state index in [4.69, 9.17) is 0 Å². The van der Waals surface area contributed by atoms with E-state index in [2.05, 4.69) is 4.98 Å². The molecule has 2 heterocycles. The highest BCUT2D eigenvalue weighted by molar-refractivity contribution is 5.94. The van der Waals surface area contributed by atoms with Crippen LogP contribution in [0.15, 0.2) is 23.1 Å². The van der Waals surface area contributed by atoms with Gasteiger partial charge in [-0.2, -0.15) is 0 Å². The monoisotopic (exact) mass is 220 g/mol. The number of likely N-dealkylation sites (tertiary alicyclic amines) is 1. The second kappa shape index (κ2) is 4.51. The maximum Gasteiger partial charge on any atom is 0.260 e. The van der Waals surface area contributed by atoms with E-state index in [1.54, 1.807) is 23.2 Å². The molecule has 0 saturated carbocycles. The molecular formula is C12H16N2O2. The first kappa shape index (κ1) is 10.9. The number of aromatic nitrogens is 1. The number of pyridine rings is 1. The van der Waals surface area contributed by atoms with Crippen LogP contribution in [0.25, 0.3) is 0 Å². The summed E-state index contributed by atoms with van der Waals surface area (Å²) in [5.74, 6) is -0.144. The van der Waals surface area contributed by atoms with Gasteiger partial charge in [0.05, 0.1) is 0 Å². The van der Waals surface area contributed by atoms with Crippen LogP contribution in [-0.4, -0.2) is 28.4 Å². The average molecular weight is 220 g/mol. The van der Waals surface area contributed by atoms with Crippen molar-refractivity contribution in [3.05, 3.63) is 34.2 Å². The second-order valence-electron chi connectivity index (χ2n) is 4.26. The minimum absolute atomic E-state index is 0.144. The number of carbonyl (C=O) groups is 1. The van der Waals surface area contributed by atoms with Crippen molar-refractivity contribution in [2.24, 2.45) is 0 Å². The third-order valence-electron chi connectivity index (χ3n) is 3.11. The molecule has 0 spiro atoms. The molecule has 1 atom stereocenters. The summed E-state index contributed by atoms with van der Waals surface area (Å²) < 4.78 is 0. The summed E-state index contributed by atoms with van der Waals surface area (Å²) >= 11 is 0. The first-order valence-corrected chi connectivity index (χ1v) is 5.69. The minimum Gasteiger partial charge on any atom is -0.336 e. The highest BCUT2D eigenvalue weighted by Gasteiger charge is 2.25. The molecule has 4 heteroatoms. The lowest BCUT2D eigenvalue weighted by molar-refractivity contribution is 0.0634. The van der Waals surface area contributed by atoms with Gasteiger partial charge in [-0.05, 0) is 38.3 Å². The minimum atomic E-state index is -0.301. The fourth-order valence-electron chi connectivity index (χ4n) is 2.14. The Morgan fingerprint density at radius 2 is 2.31 bits per heavy atom. The van der Waals surface area contributed by atoms with E-state index in [9.17, 15) is 9.59 Å². The maximum absolute atomic E-state index is 12.1. The van der Waals surface area contributed by atoms with Gasteiger partial charge in [-0.15, -0.1) is 0 Å². The van der Waals surface area contributed by atoms with E-state index < -0.39 is 0 Å². The standard InChI is InChI=1S/C12H16N2O2/c1-9-5-2-3-8-14(9)12(16)10-6-4-7-13-11(10)15/h4,6-7,9H,2-3,5,8H2,1H3,(H,13,15). The fraction of sp³-hybridized carbons (Fsp3) is 0.500. The molecular weight excluding hydrogens is 204 g/mol. The zero-order chi connectivity index (χ0) is 11.5. The molecule has 0 bridgehead atoms. The Balaban J connectivity index is 2.25. The molecule has 1 aliphatic rings. The zero-order valence-corrected chi connectivity index (χ0v) is 9.40. The van der Waals surface area contributed by atoms with Crippen LogP contribution in [-0.2, 0) is 0 Å². The molecule has 2 rings (SSSR count). The summed E-state index contributed by atoms with van der Waals surface area (Å²) in [4.78, 5) is 28.0. The molecule has 16 heavy (non-hydrogen) atoms. The van der Waals surface area contributed by atoms with E-state index in [0.717, 1.165) is 25.8 Å². The van der Waals surface area contributed by atoms with E-state index in [1.807, 2.05) is 6.92 Å². The highest BCUT2D eigenvalue weighted by Crippen LogP contribution is 2.17. The van der Waals surface area contributed by atoms with Gasteiger partial charge < -0.3 is 9.88 Å².